The predicted octanol–water partition coefficient (Wildman–Crippen LogP) is 1.32. The fraction of sp³-hybridized carbons (Fsp3) is 1.00. The second-order valence-corrected chi connectivity index (χ2v) is 8.31. The van der Waals surface area contributed by atoms with Crippen LogP contribution in [0.5, 0.6) is 0 Å². The lowest BCUT2D eigenvalue weighted by Gasteiger charge is -2.38. The molecule has 3 N–H and O–H groups in total. The van der Waals surface area contributed by atoms with E-state index in [0.717, 1.165) is 12.8 Å². The van der Waals surface area contributed by atoms with Crippen LogP contribution in [0.2, 0.25) is 0 Å². The number of hydrogen-bond donors (Lipinski definition) is 2. The molecule has 1 saturated carbocycles. The minimum Gasteiger partial charge on any atom is -0.271 e. The van der Waals surface area contributed by atoms with Crippen LogP contribution in [0, 0.1) is 17.8 Å². The van der Waals surface area contributed by atoms with Gasteiger partial charge in [0.25, 0.3) is 0 Å². The van der Waals surface area contributed by atoms with Crippen molar-refractivity contribution in [1.82, 2.24) is 5.43 Å². The fourth-order valence-electron chi connectivity index (χ4n) is 3.22. The molecule has 0 saturated heterocycles. The maximum atomic E-state index is 11.6. The first-order valence-electron chi connectivity index (χ1n) is 6.40. The fourth-order valence-corrected chi connectivity index (χ4v) is 4.06. The van der Waals surface area contributed by atoms with E-state index in [1.165, 1.54) is 12.7 Å². The molecule has 1 rings (SSSR count). The van der Waals surface area contributed by atoms with Crippen molar-refractivity contribution in [2.24, 2.45) is 23.6 Å². The second-order valence-electron chi connectivity index (χ2n) is 5.90. The Labute approximate surface area is 105 Å². The predicted molar refractivity (Wildman–Crippen MR) is 71.1 cm³/mol. The van der Waals surface area contributed by atoms with Crippen LogP contribution in [-0.4, -0.2) is 26.0 Å². The van der Waals surface area contributed by atoms with Crippen LogP contribution in [0.15, 0.2) is 0 Å². The molecule has 0 bridgehead atoms. The van der Waals surface area contributed by atoms with E-state index >= 15 is 0 Å². The first kappa shape index (κ1) is 14.9. The Morgan fingerprint density at radius 2 is 1.65 bits per heavy atom. The molecule has 0 aromatic heterocycles. The van der Waals surface area contributed by atoms with Gasteiger partial charge in [0.1, 0.15) is 0 Å². The molecular formula is C12H26N2O2S. The maximum absolute atomic E-state index is 11.6. The van der Waals surface area contributed by atoms with Crippen molar-refractivity contribution < 1.29 is 8.42 Å². The van der Waals surface area contributed by atoms with Crippen LogP contribution in [0.25, 0.3) is 0 Å². The van der Waals surface area contributed by atoms with Crippen LogP contribution in [-0.2, 0) is 9.84 Å². The summed E-state index contributed by atoms with van der Waals surface area (Å²) < 4.78 is 23.3. The Morgan fingerprint density at radius 3 is 2.00 bits per heavy atom. The molecule has 17 heavy (non-hydrogen) atoms. The lowest BCUT2D eigenvalue weighted by Crippen LogP contribution is -2.51. The number of nitrogens with two attached hydrogens (primary N) is 1. The highest BCUT2D eigenvalue weighted by atomic mass is 32.2. The molecule has 1 fully saturated rings. The van der Waals surface area contributed by atoms with Crippen LogP contribution in [0.1, 0.15) is 40.0 Å². The average molecular weight is 262 g/mol. The maximum Gasteiger partial charge on any atom is 0.151 e. The third kappa shape index (κ3) is 3.93. The van der Waals surface area contributed by atoms with E-state index in [0.29, 0.717) is 17.8 Å². The molecule has 0 heterocycles. The van der Waals surface area contributed by atoms with Gasteiger partial charge >= 0.3 is 0 Å². The molecule has 1 aliphatic carbocycles. The monoisotopic (exact) mass is 262 g/mol. The van der Waals surface area contributed by atoms with E-state index in [-0.39, 0.29) is 6.04 Å². The largest absolute Gasteiger partial charge is 0.271 e. The van der Waals surface area contributed by atoms with Gasteiger partial charge in [-0.05, 0) is 43.9 Å². The summed E-state index contributed by atoms with van der Waals surface area (Å²) in [5.74, 6) is 7.26. The van der Waals surface area contributed by atoms with Crippen molar-refractivity contribution in [1.29, 1.82) is 0 Å². The molecule has 0 amide bonds. The zero-order valence-corrected chi connectivity index (χ0v) is 12.1. The Bertz CT molecular complexity index is 332. The first-order valence-corrected chi connectivity index (χ1v) is 8.36. The van der Waals surface area contributed by atoms with Gasteiger partial charge in [0.15, 0.2) is 9.84 Å². The van der Waals surface area contributed by atoms with E-state index in [1.54, 1.807) is 6.92 Å². The molecule has 0 aliphatic heterocycles. The number of hydrogen-bond acceptors (Lipinski definition) is 4. The number of sulfone groups is 1. The minimum absolute atomic E-state index is 0.129. The van der Waals surface area contributed by atoms with Crippen molar-refractivity contribution in [3.8, 4) is 0 Å². The van der Waals surface area contributed by atoms with E-state index in [4.69, 9.17) is 5.84 Å². The Morgan fingerprint density at radius 1 is 1.18 bits per heavy atom. The third-order valence-electron chi connectivity index (χ3n) is 4.10. The van der Waals surface area contributed by atoms with Crippen molar-refractivity contribution >= 4 is 9.84 Å². The normalized spacial score (nSPS) is 34.3. The molecule has 5 heteroatoms. The highest BCUT2D eigenvalue weighted by Gasteiger charge is 2.35. The summed E-state index contributed by atoms with van der Waals surface area (Å²) in [6.07, 6.45) is 4.66. The first-order chi connectivity index (χ1) is 7.75. The van der Waals surface area contributed by atoms with Gasteiger partial charge in [-0.15, -0.1) is 0 Å². The Hall–Kier alpha value is -0.130. The number of hydrazine groups is 1. The molecule has 0 spiro atoms. The van der Waals surface area contributed by atoms with Crippen molar-refractivity contribution in [3.05, 3.63) is 0 Å². The van der Waals surface area contributed by atoms with Gasteiger partial charge in [-0.25, -0.2) is 8.42 Å². The summed E-state index contributed by atoms with van der Waals surface area (Å²) in [6, 6.07) is -0.129. The molecule has 0 radical (unpaired) electrons. The van der Waals surface area contributed by atoms with E-state index in [2.05, 4.69) is 19.3 Å². The molecule has 0 aromatic rings. The van der Waals surface area contributed by atoms with Gasteiger partial charge in [-0.1, -0.05) is 13.8 Å². The minimum atomic E-state index is -3.04. The molecule has 1 aliphatic rings. The summed E-state index contributed by atoms with van der Waals surface area (Å²) in [4.78, 5) is 0. The zero-order chi connectivity index (χ0) is 13.2. The van der Waals surface area contributed by atoms with Gasteiger partial charge in [0, 0.05) is 12.3 Å². The zero-order valence-electron chi connectivity index (χ0n) is 11.3. The molecule has 4 atom stereocenters. The summed E-state index contributed by atoms with van der Waals surface area (Å²) in [5.41, 5.74) is 2.74. The molecule has 4 unspecified atom stereocenters. The van der Waals surface area contributed by atoms with Crippen LogP contribution in [0.3, 0.4) is 0 Å². The van der Waals surface area contributed by atoms with Crippen LogP contribution < -0.4 is 11.3 Å². The smallest absolute Gasteiger partial charge is 0.151 e. The van der Waals surface area contributed by atoms with Crippen LogP contribution >= 0.6 is 0 Å². The quantitative estimate of drug-likeness (QED) is 0.592. The molecule has 102 valence electrons. The summed E-state index contributed by atoms with van der Waals surface area (Å²) in [5, 5.41) is -0.421. The van der Waals surface area contributed by atoms with Gasteiger partial charge in [-0.3, -0.25) is 11.3 Å². The highest BCUT2D eigenvalue weighted by molar-refractivity contribution is 7.91. The van der Waals surface area contributed by atoms with Gasteiger partial charge in [0.05, 0.1) is 5.25 Å². The van der Waals surface area contributed by atoms with E-state index in [9.17, 15) is 8.42 Å². The standard InChI is InChI=1S/C12H26N2O2S/c1-8-5-9(2)7-11(6-8)12(14-13)10(3)17(4,15)16/h8-12,14H,5-7,13H2,1-4H3. The summed E-state index contributed by atoms with van der Waals surface area (Å²) in [6.45, 7) is 6.23. The van der Waals surface area contributed by atoms with Crippen molar-refractivity contribution in [3.63, 3.8) is 0 Å². The lowest BCUT2D eigenvalue weighted by atomic mass is 9.73. The number of rotatable bonds is 4. The number of nitrogens with one attached hydrogen (secondary N) is 1. The van der Waals surface area contributed by atoms with E-state index < -0.39 is 15.1 Å². The van der Waals surface area contributed by atoms with E-state index in [1.807, 2.05) is 0 Å². The SMILES string of the molecule is CC1CC(C)CC(C(NN)C(C)S(C)(=O)=O)C1. The van der Waals surface area contributed by atoms with Crippen LogP contribution in [0.4, 0.5) is 0 Å². The second kappa shape index (κ2) is 5.67. The molecule has 4 nitrogen and oxygen atoms in total. The molecule has 0 aromatic carbocycles. The van der Waals surface area contributed by atoms with Crippen molar-refractivity contribution in [2.75, 3.05) is 6.26 Å². The Balaban J connectivity index is 2.80. The summed E-state index contributed by atoms with van der Waals surface area (Å²) in [7, 11) is -3.04. The third-order valence-corrected chi connectivity index (χ3v) is 5.74. The highest BCUT2D eigenvalue weighted by Crippen LogP contribution is 2.36. The average Bonchev–Trinajstić information content (AvgIpc) is 2.15. The lowest BCUT2D eigenvalue weighted by molar-refractivity contribution is 0.175. The topological polar surface area (TPSA) is 72.2 Å². The van der Waals surface area contributed by atoms with Gasteiger partial charge < -0.3 is 0 Å². The van der Waals surface area contributed by atoms with Gasteiger partial charge in [-0.2, -0.15) is 0 Å². The summed E-state index contributed by atoms with van der Waals surface area (Å²) >= 11 is 0. The molecular weight excluding hydrogens is 236 g/mol. The van der Waals surface area contributed by atoms with Gasteiger partial charge in [0.2, 0.25) is 0 Å². The van der Waals surface area contributed by atoms with Crippen molar-refractivity contribution in [2.45, 2.75) is 51.3 Å². The Kier molecular flexibility index (Phi) is 4.98.